The Kier molecular flexibility index (Phi) is 6.72. The van der Waals surface area contributed by atoms with Crippen LogP contribution >= 0.6 is 0 Å². The molecule has 1 aliphatic heterocycles. The minimum absolute atomic E-state index is 0.119. The summed E-state index contributed by atoms with van der Waals surface area (Å²) in [5, 5.41) is 3.10. The summed E-state index contributed by atoms with van der Waals surface area (Å²) in [6.45, 7) is 6.74. The van der Waals surface area contributed by atoms with Gasteiger partial charge in [-0.05, 0) is 50.8 Å². The molecule has 0 radical (unpaired) electrons. The van der Waals surface area contributed by atoms with Gasteiger partial charge in [-0.25, -0.2) is 4.79 Å². The molecule has 1 aromatic carbocycles. The normalized spacial score (nSPS) is 23.3. The highest BCUT2D eigenvalue weighted by molar-refractivity contribution is 6.12. The van der Waals surface area contributed by atoms with Gasteiger partial charge in [-0.1, -0.05) is 19.1 Å². The summed E-state index contributed by atoms with van der Waals surface area (Å²) in [5.41, 5.74) is 0.742. The topological polar surface area (TPSA) is 81.7 Å². The van der Waals surface area contributed by atoms with Crippen LogP contribution in [-0.4, -0.2) is 30.9 Å². The monoisotopic (exact) mass is 465 g/mol. The van der Waals surface area contributed by atoms with Gasteiger partial charge in [0, 0.05) is 22.9 Å². The fourth-order valence-electron chi connectivity index (χ4n) is 4.43. The summed E-state index contributed by atoms with van der Waals surface area (Å²) in [6, 6.07) is 4.31. The molecule has 0 saturated carbocycles. The van der Waals surface area contributed by atoms with E-state index in [2.05, 4.69) is 5.32 Å². The Morgan fingerprint density at radius 2 is 1.76 bits per heavy atom. The van der Waals surface area contributed by atoms with E-state index in [1.165, 1.54) is 19.2 Å². The molecule has 9 heteroatoms. The van der Waals surface area contributed by atoms with Gasteiger partial charge in [0.2, 0.25) is 0 Å². The molecule has 1 aromatic rings. The third kappa shape index (κ3) is 4.67. The molecule has 6 nitrogen and oxygen atoms in total. The predicted molar refractivity (Wildman–Crippen MR) is 113 cm³/mol. The number of ether oxygens (including phenoxy) is 2. The lowest BCUT2D eigenvalue weighted by atomic mass is 9.69. The number of carbonyl (C=O) groups excluding carboxylic acids is 3. The summed E-state index contributed by atoms with van der Waals surface area (Å²) in [6.07, 6.45) is -4.65. The predicted octanol–water partition coefficient (Wildman–Crippen LogP) is 4.27. The smallest absolute Gasteiger partial charge is 0.416 e. The van der Waals surface area contributed by atoms with Crippen molar-refractivity contribution in [2.45, 2.75) is 52.3 Å². The molecule has 0 unspecified atom stereocenters. The number of carbonyl (C=O) groups is 3. The first kappa shape index (κ1) is 24.5. The molecule has 2 aliphatic rings. The lowest BCUT2D eigenvalue weighted by molar-refractivity contribution is -0.151. The van der Waals surface area contributed by atoms with Crippen molar-refractivity contribution < 1.29 is 37.0 Å². The van der Waals surface area contributed by atoms with Crippen molar-refractivity contribution in [2.75, 3.05) is 7.11 Å². The van der Waals surface area contributed by atoms with Crippen LogP contribution in [0.2, 0.25) is 0 Å². The first-order valence-electron chi connectivity index (χ1n) is 10.6. The Bertz CT molecular complexity index is 1040. The number of methoxy groups -OCH3 is 1. The number of allylic oxidation sites excluding steroid dienone is 3. The molecule has 0 fully saturated rings. The molecule has 0 spiro atoms. The standard InChI is InChI=1S/C24H26F3NO5/c1-11(2)33-23(31)18-13(4)28-16-10-12(3)17(22(30)32-5)21(29)20(16)19(18)14-6-8-15(9-7-14)24(25,26)27/h6-9,11-12,17,19,28H,10H2,1-5H3/t12-,17+,19-/m1/s1. The third-order valence-corrected chi connectivity index (χ3v) is 5.88. The Labute approximate surface area is 189 Å². The highest BCUT2D eigenvalue weighted by atomic mass is 19.4. The van der Waals surface area contributed by atoms with E-state index >= 15 is 0 Å². The van der Waals surface area contributed by atoms with Crippen molar-refractivity contribution in [3.63, 3.8) is 0 Å². The van der Waals surface area contributed by atoms with Crippen LogP contribution in [0.25, 0.3) is 0 Å². The van der Waals surface area contributed by atoms with Crippen LogP contribution in [-0.2, 0) is 30.0 Å². The van der Waals surface area contributed by atoms with Crippen molar-refractivity contribution in [3.8, 4) is 0 Å². The number of ketones is 1. The zero-order chi connectivity index (χ0) is 24.7. The molecule has 3 atom stereocenters. The zero-order valence-corrected chi connectivity index (χ0v) is 19.0. The van der Waals surface area contributed by atoms with Crippen molar-refractivity contribution in [3.05, 3.63) is 57.9 Å². The number of dihydropyridines is 1. The second-order valence-corrected chi connectivity index (χ2v) is 8.61. The number of hydrogen-bond donors (Lipinski definition) is 1. The maximum Gasteiger partial charge on any atom is 0.416 e. The Hall–Kier alpha value is -3.10. The van der Waals surface area contributed by atoms with Gasteiger partial charge in [0.15, 0.2) is 5.78 Å². The summed E-state index contributed by atoms with van der Waals surface area (Å²) < 4.78 is 49.6. The fraction of sp³-hybridized carbons (Fsp3) is 0.458. The van der Waals surface area contributed by atoms with Gasteiger partial charge in [-0.3, -0.25) is 9.59 Å². The Morgan fingerprint density at radius 1 is 1.15 bits per heavy atom. The molecule has 0 bridgehead atoms. The van der Waals surface area contributed by atoms with Gasteiger partial charge in [0.1, 0.15) is 5.92 Å². The van der Waals surface area contributed by atoms with E-state index in [9.17, 15) is 27.6 Å². The van der Waals surface area contributed by atoms with E-state index in [1.807, 2.05) is 0 Å². The third-order valence-electron chi connectivity index (χ3n) is 5.88. The van der Waals surface area contributed by atoms with Crippen molar-refractivity contribution in [2.24, 2.45) is 11.8 Å². The van der Waals surface area contributed by atoms with Crippen molar-refractivity contribution >= 4 is 17.7 Å². The molecular formula is C24H26F3NO5. The van der Waals surface area contributed by atoms with Gasteiger partial charge in [-0.15, -0.1) is 0 Å². The average molecular weight is 465 g/mol. The molecule has 0 saturated heterocycles. The first-order valence-corrected chi connectivity index (χ1v) is 10.6. The molecule has 0 aromatic heterocycles. The molecule has 0 amide bonds. The number of Topliss-reactive ketones (excluding diaryl/α,β-unsaturated/α-hetero) is 1. The van der Waals surface area contributed by atoms with E-state index in [-0.39, 0.29) is 17.1 Å². The number of esters is 2. The lowest BCUT2D eigenvalue weighted by Gasteiger charge is -2.38. The van der Waals surface area contributed by atoms with Crippen molar-refractivity contribution in [1.82, 2.24) is 5.32 Å². The number of benzene rings is 1. The van der Waals surface area contributed by atoms with Crippen molar-refractivity contribution in [1.29, 1.82) is 0 Å². The summed E-state index contributed by atoms with van der Waals surface area (Å²) in [5.74, 6) is -4.32. The molecular weight excluding hydrogens is 439 g/mol. The fourth-order valence-corrected chi connectivity index (χ4v) is 4.43. The quantitative estimate of drug-likeness (QED) is 0.528. The zero-order valence-electron chi connectivity index (χ0n) is 19.0. The maximum atomic E-state index is 13.5. The van der Waals surface area contributed by atoms with E-state index in [4.69, 9.17) is 9.47 Å². The highest BCUT2D eigenvalue weighted by Gasteiger charge is 2.47. The Balaban J connectivity index is 2.18. The second kappa shape index (κ2) is 9.03. The van der Waals surface area contributed by atoms with E-state index < -0.39 is 47.4 Å². The van der Waals surface area contributed by atoms with Crippen LogP contribution in [0.3, 0.4) is 0 Å². The summed E-state index contributed by atoms with van der Waals surface area (Å²) in [7, 11) is 1.19. The van der Waals surface area contributed by atoms with Gasteiger partial charge < -0.3 is 14.8 Å². The number of halogens is 3. The molecule has 1 N–H and O–H groups in total. The number of alkyl halides is 3. The second-order valence-electron chi connectivity index (χ2n) is 8.61. The van der Waals surface area contributed by atoms with Crippen LogP contribution in [0, 0.1) is 11.8 Å². The minimum Gasteiger partial charge on any atom is -0.468 e. The molecule has 178 valence electrons. The van der Waals surface area contributed by atoms with E-state index in [0.29, 0.717) is 23.4 Å². The van der Waals surface area contributed by atoms with Gasteiger partial charge in [-0.2, -0.15) is 13.2 Å². The van der Waals surface area contributed by atoms with Crippen LogP contribution in [0.1, 0.15) is 51.2 Å². The highest BCUT2D eigenvalue weighted by Crippen LogP contribution is 2.46. The van der Waals surface area contributed by atoms with E-state index in [0.717, 1.165) is 12.1 Å². The number of nitrogens with one attached hydrogen (secondary N) is 1. The molecule has 1 heterocycles. The van der Waals surface area contributed by atoms with Gasteiger partial charge in [0.25, 0.3) is 0 Å². The average Bonchev–Trinajstić information content (AvgIpc) is 2.71. The largest absolute Gasteiger partial charge is 0.468 e. The lowest BCUT2D eigenvalue weighted by Crippen LogP contribution is -2.43. The summed E-state index contributed by atoms with van der Waals surface area (Å²) in [4.78, 5) is 38.9. The van der Waals surface area contributed by atoms with Crippen LogP contribution in [0.5, 0.6) is 0 Å². The van der Waals surface area contributed by atoms with Gasteiger partial charge >= 0.3 is 18.1 Å². The summed E-state index contributed by atoms with van der Waals surface area (Å²) >= 11 is 0. The first-order chi connectivity index (χ1) is 15.4. The SMILES string of the molecule is COC(=O)[C@@H]1C(=O)C2=C(C[C@H]1C)NC(C)=C(C(=O)OC(C)C)[C@H]2c1ccc(C(F)(F)F)cc1. The van der Waals surface area contributed by atoms with Crippen LogP contribution in [0.15, 0.2) is 46.8 Å². The minimum atomic E-state index is -4.53. The van der Waals surface area contributed by atoms with E-state index in [1.54, 1.807) is 27.7 Å². The van der Waals surface area contributed by atoms with Crippen LogP contribution in [0.4, 0.5) is 13.2 Å². The molecule has 3 rings (SSSR count). The number of hydrogen-bond acceptors (Lipinski definition) is 6. The van der Waals surface area contributed by atoms with Gasteiger partial charge in [0.05, 0.1) is 24.4 Å². The molecule has 33 heavy (non-hydrogen) atoms. The number of rotatable bonds is 4. The maximum absolute atomic E-state index is 13.5. The van der Waals surface area contributed by atoms with Crippen LogP contribution < -0.4 is 5.32 Å². The molecule has 1 aliphatic carbocycles. The Morgan fingerprint density at radius 3 is 2.27 bits per heavy atom.